The summed E-state index contributed by atoms with van der Waals surface area (Å²) < 4.78 is 2.04. The lowest BCUT2D eigenvalue weighted by molar-refractivity contribution is -0.115. The Hall–Kier alpha value is -3.45. The largest absolute Gasteiger partial charge is 0.325 e. The summed E-state index contributed by atoms with van der Waals surface area (Å²) in [5.74, 6) is 0.926. The molecule has 0 spiro atoms. The van der Waals surface area contributed by atoms with Gasteiger partial charge in [0, 0.05) is 23.6 Å². The van der Waals surface area contributed by atoms with Gasteiger partial charge < -0.3 is 5.32 Å². The molecule has 4 aromatic rings. The second-order valence-electron chi connectivity index (χ2n) is 8.22. The number of rotatable bonds is 7. The van der Waals surface area contributed by atoms with Crippen molar-refractivity contribution < 1.29 is 4.79 Å². The van der Waals surface area contributed by atoms with Crippen LogP contribution in [-0.2, 0) is 4.79 Å². The molecule has 0 fully saturated rings. The van der Waals surface area contributed by atoms with Gasteiger partial charge in [0.1, 0.15) is 0 Å². The molecule has 1 N–H and O–H groups in total. The molecule has 2 aromatic heterocycles. The Labute approximate surface area is 198 Å². The van der Waals surface area contributed by atoms with Crippen molar-refractivity contribution in [1.29, 1.82) is 0 Å². The number of nitrogens with one attached hydrogen (secondary N) is 1. The number of aryl methyl sites for hydroxylation is 1. The van der Waals surface area contributed by atoms with Crippen molar-refractivity contribution in [1.82, 2.24) is 19.7 Å². The standard InChI is InChI=1S/C26H27N5OS/c1-17(2)22-12-5-6-13-23(22)31-24(20-10-8-14-27-16-20)29-30-26(31)33-19(4)25(32)28-21-11-7-9-18(3)15-21/h5-17,19H,1-4H3,(H,28,32). The topological polar surface area (TPSA) is 72.7 Å². The monoisotopic (exact) mass is 457 g/mol. The highest BCUT2D eigenvalue weighted by Crippen LogP contribution is 2.33. The van der Waals surface area contributed by atoms with Crippen LogP contribution in [0.2, 0.25) is 0 Å². The zero-order valence-corrected chi connectivity index (χ0v) is 20.0. The van der Waals surface area contributed by atoms with E-state index in [1.165, 1.54) is 17.3 Å². The Balaban J connectivity index is 1.70. The molecular weight excluding hydrogens is 430 g/mol. The summed E-state index contributed by atoms with van der Waals surface area (Å²) >= 11 is 1.39. The van der Waals surface area contributed by atoms with Gasteiger partial charge in [-0.05, 0) is 61.2 Å². The quantitative estimate of drug-likeness (QED) is 0.351. The van der Waals surface area contributed by atoms with Crippen molar-refractivity contribution in [2.24, 2.45) is 0 Å². The van der Waals surface area contributed by atoms with Gasteiger partial charge in [-0.2, -0.15) is 0 Å². The number of carbonyl (C=O) groups is 1. The molecule has 1 amide bonds. The number of pyridine rings is 1. The third-order valence-electron chi connectivity index (χ3n) is 5.29. The van der Waals surface area contributed by atoms with E-state index in [2.05, 4.69) is 46.5 Å². The summed E-state index contributed by atoms with van der Waals surface area (Å²) in [6.07, 6.45) is 3.51. The van der Waals surface area contributed by atoms with Crippen molar-refractivity contribution >= 4 is 23.4 Å². The molecule has 7 heteroatoms. The zero-order valence-electron chi connectivity index (χ0n) is 19.2. The second kappa shape index (κ2) is 10.0. The number of benzene rings is 2. The Morgan fingerprint density at radius 1 is 1.00 bits per heavy atom. The minimum atomic E-state index is -0.374. The fourth-order valence-corrected chi connectivity index (χ4v) is 4.46. The fraction of sp³-hybridized carbons (Fsp3) is 0.231. The molecular formula is C26H27N5OS. The molecule has 0 aliphatic carbocycles. The molecule has 0 radical (unpaired) electrons. The van der Waals surface area contributed by atoms with Crippen LogP contribution in [0.1, 0.15) is 37.8 Å². The van der Waals surface area contributed by atoms with E-state index in [1.54, 1.807) is 12.4 Å². The molecule has 33 heavy (non-hydrogen) atoms. The van der Waals surface area contributed by atoms with Gasteiger partial charge in [-0.25, -0.2) is 0 Å². The number of aromatic nitrogens is 4. The number of amides is 1. The van der Waals surface area contributed by atoms with E-state index in [9.17, 15) is 4.79 Å². The molecule has 0 saturated heterocycles. The second-order valence-corrected chi connectivity index (χ2v) is 9.52. The van der Waals surface area contributed by atoms with Gasteiger partial charge in [-0.3, -0.25) is 14.3 Å². The highest BCUT2D eigenvalue weighted by Gasteiger charge is 2.23. The third-order valence-corrected chi connectivity index (χ3v) is 6.33. The minimum absolute atomic E-state index is 0.0831. The van der Waals surface area contributed by atoms with Crippen molar-refractivity contribution in [3.05, 3.63) is 84.2 Å². The number of nitrogens with zero attached hydrogens (tertiary/aromatic N) is 4. The molecule has 0 bridgehead atoms. The van der Waals surface area contributed by atoms with Gasteiger partial charge >= 0.3 is 0 Å². The molecule has 0 aliphatic heterocycles. The molecule has 1 unspecified atom stereocenters. The van der Waals surface area contributed by atoms with Gasteiger partial charge in [0.05, 0.1) is 10.9 Å². The highest BCUT2D eigenvalue weighted by atomic mass is 32.2. The van der Waals surface area contributed by atoms with E-state index in [0.717, 1.165) is 22.5 Å². The smallest absolute Gasteiger partial charge is 0.237 e. The van der Waals surface area contributed by atoms with Crippen LogP contribution in [0.5, 0.6) is 0 Å². The number of hydrogen-bond donors (Lipinski definition) is 1. The van der Waals surface area contributed by atoms with Crippen LogP contribution in [0.3, 0.4) is 0 Å². The van der Waals surface area contributed by atoms with Crippen LogP contribution in [0.15, 0.2) is 78.2 Å². The summed E-state index contributed by atoms with van der Waals surface area (Å²) in [5, 5.41) is 12.3. The molecule has 168 valence electrons. The van der Waals surface area contributed by atoms with Crippen LogP contribution < -0.4 is 5.32 Å². The van der Waals surface area contributed by atoms with Crippen molar-refractivity contribution in [3.63, 3.8) is 0 Å². The summed E-state index contributed by atoms with van der Waals surface area (Å²) in [6, 6.07) is 19.9. The first-order valence-electron chi connectivity index (χ1n) is 10.9. The van der Waals surface area contributed by atoms with E-state index >= 15 is 0 Å². The van der Waals surface area contributed by atoms with Crippen LogP contribution in [0, 0.1) is 6.92 Å². The Morgan fingerprint density at radius 3 is 2.55 bits per heavy atom. The highest BCUT2D eigenvalue weighted by molar-refractivity contribution is 8.00. The molecule has 1 atom stereocenters. The van der Waals surface area contributed by atoms with Crippen LogP contribution in [0.25, 0.3) is 17.1 Å². The third kappa shape index (κ3) is 5.14. The maximum absolute atomic E-state index is 12.9. The first-order chi connectivity index (χ1) is 15.9. The normalized spacial score (nSPS) is 12.0. The molecule has 0 aliphatic rings. The first kappa shape index (κ1) is 22.7. The molecule has 2 aromatic carbocycles. The number of hydrogen-bond acceptors (Lipinski definition) is 5. The lowest BCUT2D eigenvalue weighted by Crippen LogP contribution is -2.23. The molecule has 4 rings (SSSR count). The molecule has 0 saturated carbocycles. The van der Waals surface area contributed by atoms with Crippen molar-refractivity contribution in [2.45, 2.75) is 44.0 Å². The number of carbonyl (C=O) groups excluding carboxylic acids is 1. The molecule has 2 heterocycles. The van der Waals surface area contributed by atoms with Gasteiger partial charge in [0.15, 0.2) is 11.0 Å². The van der Waals surface area contributed by atoms with E-state index in [0.29, 0.717) is 16.9 Å². The van der Waals surface area contributed by atoms with Crippen molar-refractivity contribution in [2.75, 3.05) is 5.32 Å². The van der Waals surface area contributed by atoms with Gasteiger partial charge in [-0.15, -0.1) is 10.2 Å². The van der Waals surface area contributed by atoms with Gasteiger partial charge in [-0.1, -0.05) is 55.9 Å². The number of anilines is 1. The number of para-hydroxylation sites is 1. The predicted octanol–water partition coefficient (Wildman–Crippen LogP) is 5.88. The first-order valence-corrected chi connectivity index (χ1v) is 11.8. The lowest BCUT2D eigenvalue weighted by Gasteiger charge is -2.18. The van der Waals surface area contributed by atoms with Crippen LogP contribution in [-0.4, -0.2) is 30.9 Å². The van der Waals surface area contributed by atoms with E-state index in [1.807, 2.05) is 66.9 Å². The van der Waals surface area contributed by atoms with Crippen LogP contribution in [0.4, 0.5) is 5.69 Å². The van der Waals surface area contributed by atoms with E-state index in [-0.39, 0.29) is 11.2 Å². The van der Waals surface area contributed by atoms with Crippen molar-refractivity contribution in [3.8, 4) is 17.1 Å². The minimum Gasteiger partial charge on any atom is -0.325 e. The summed E-state index contributed by atoms with van der Waals surface area (Å²) in [7, 11) is 0. The Bertz CT molecular complexity index is 1250. The predicted molar refractivity (Wildman–Crippen MR) is 134 cm³/mol. The summed E-state index contributed by atoms with van der Waals surface area (Å²) in [4.78, 5) is 17.2. The Kier molecular flexibility index (Phi) is 6.89. The fourth-order valence-electron chi connectivity index (χ4n) is 3.60. The van der Waals surface area contributed by atoms with Crippen LogP contribution >= 0.6 is 11.8 Å². The zero-order chi connectivity index (χ0) is 23.4. The maximum Gasteiger partial charge on any atom is 0.237 e. The molecule has 6 nitrogen and oxygen atoms in total. The van der Waals surface area contributed by atoms with Gasteiger partial charge in [0.25, 0.3) is 0 Å². The van der Waals surface area contributed by atoms with E-state index in [4.69, 9.17) is 0 Å². The summed E-state index contributed by atoms with van der Waals surface area (Å²) in [6.45, 7) is 8.21. The Morgan fingerprint density at radius 2 is 1.82 bits per heavy atom. The summed E-state index contributed by atoms with van der Waals surface area (Å²) in [5.41, 5.74) is 4.94. The number of thioether (sulfide) groups is 1. The van der Waals surface area contributed by atoms with Gasteiger partial charge in [0.2, 0.25) is 5.91 Å². The van der Waals surface area contributed by atoms with E-state index < -0.39 is 0 Å². The average molecular weight is 458 g/mol. The maximum atomic E-state index is 12.9. The SMILES string of the molecule is Cc1cccc(NC(=O)C(C)Sc2nnc(-c3cccnc3)n2-c2ccccc2C(C)C)c1. The lowest BCUT2D eigenvalue weighted by atomic mass is 10.0. The average Bonchev–Trinajstić information content (AvgIpc) is 3.22.